The van der Waals surface area contributed by atoms with E-state index >= 15 is 0 Å². The molecule has 0 N–H and O–H groups in total. The summed E-state index contributed by atoms with van der Waals surface area (Å²) in [6, 6.07) is 70.1. The Kier molecular flexibility index (Phi) is 6.87. The van der Waals surface area contributed by atoms with Gasteiger partial charge >= 0.3 is 0 Å². The minimum absolute atomic E-state index is 0.652. The van der Waals surface area contributed by atoms with Gasteiger partial charge in [0.2, 0.25) is 5.95 Å². The molecule has 0 bridgehead atoms. The summed E-state index contributed by atoms with van der Waals surface area (Å²) in [6.07, 6.45) is 0. The summed E-state index contributed by atoms with van der Waals surface area (Å²) in [7, 11) is 0. The van der Waals surface area contributed by atoms with Crippen molar-refractivity contribution in [3.8, 4) is 28.6 Å². The molecule has 4 heterocycles. The van der Waals surface area contributed by atoms with Crippen LogP contribution in [0.2, 0.25) is 0 Å². The third-order valence-electron chi connectivity index (χ3n) is 12.5. The molecule has 0 aliphatic rings. The fourth-order valence-corrected chi connectivity index (χ4v) is 9.99. The summed E-state index contributed by atoms with van der Waals surface area (Å²) in [6.45, 7) is 2.08. The summed E-state index contributed by atoms with van der Waals surface area (Å²) in [5.41, 5.74) is 11.9. The predicted molar refractivity (Wildman–Crippen MR) is 250 cm³/mol. The first-order chi connectivity index (χ1) is 29.7. The van der Waals surface area contributed by atoms with E-state index in [1.807, 2.05) is 0 Å². The third-order valence-corrected chi connectivity index (χ3v) is 12.5. The van der Waals surface area contributed by atoms with Gasteiger partial charge in [-0.1, -0.05) is 133 Å². The molecule has 5 nitrogen and oxygen atoms in total. The third kappa shape index (κ3) is 4.63. The lowest BCUT2D eigenvalue weighted by molar-refractivity contribution is 0.968. The predicted octanol–water partition coefficient (Wildman–Crippen LogP) is 14.0. The lowest BCUT2D eigenvalue weighted by Crippen LogP contribution is -2.05. The van der Waals surface area contributed by atoms with E-state index in [9.17, 15) is 0 Å². The molecule has 0 spiro atoms. The van der Waals surface area contributed by atoms with Crippen molar-refractivity contribution in [2.24, 2.45) is 0 Å². The van der Waals surface area contributed by atoms with Crippen LogP contribution in [0.1, 0.15) is 5.69 Å². The lowest BCUT2D eigenvalue weighted by Gasteiger charge is -2.14. The van der Waals surface area contributed by atoms with Crippen molar-refractivity contribution in [3.05, 3.63) is 200 Å². The van der Waals surface area contributed by atoms with E-state index in [0.29, 0.717) is 5.95 Å². The normalized spacial score (nSPS) is 12.1. The summed E-state index contributed by atoms with van der Waals surface area (Å²) >= 11 is 0. The van der Waals surface area contributed by atoms with Crippen molar-refractivity contribution in [1.82, 2.24) is 23.7 Å². The van der Waals surface area contributed by atoms with Gasteiger partial charge in [0, 0.05) is 54.9 Å². The molecule has 13 rings (SSSR count). The molecule has 5 heteroatoms. The van der Waals surface area contributed by atoms with Crippen LogP contribution in [0, 0.1) is 6.92 Å². The van der Waals surface area contributed by atoms with E-state index in [-0.39, 0.29) is 0 Å². The molecule has 0 aliphatic heterocycles. The Bertz CT molecular complexity index is 3900. The smallest absolute Gasteiger partial charge is 0.235 e. The molecule has 13 aromatic rings. The quantitative estimate of drug-likeness (QED) is 0.167. The molecule has 0 unspecified atom stereocenters. The van der Waals surface area contributed by atoms with Crippen LogP contribution in [0.4, 0.5) is 0 Å². The molecule has 9 aromatic carbocycles. The number of hydrogen-bond donors (Lipinski definition) is 0. The van der Waals surface area contributed by atoms with E-state index in [4.69, 9.17) is 9.97 Å². The Labute approximate surface area is 344 Å². The fraction of sp³-hybridized carbons (Fsp3) is 0.0182. The van der Waals surface area contributed by atoms with Crippen LogP contribution in [-0.2, 0) is 0 Å². The molecule has 0 amide bonds. The summed E-state index contributed by atoms with van der Waals surface area (Å²) < 4.78 is 7.15. The van der Waals surface area contributed by atoms with Crippen LogP contribution < -0.4 is 0 Å². The number of aromatic nitrogens is 5. The molecule has 4 aromatic heterocycles. The average Bonchev–Trinajstić information content (AvgIpc) is 3.94. The van der Waals surface area contributed by atoms with Gasteiger partial charge in [-0.3, -0.25) is 4.57 Å². The maximum atomic E-state index is 5.51. The van der Waals surface area contributed by atoms with Gasteiger partial charge < -0.3 is 9.13 Å². The molecule has 60 heavy (non-hydrogen) atoms. The summed E-state index contributed by atoms with van der Waals surface area (Å²) in [5, 5.41) is 12.0. The van der Waals surface area contributed by atoms with Crippen molar-refractivity contribution < 1.29 is 0 Å². The minimum Gasteiger partial charge on any atom is -0.309 e. The number of rotatable bonds is 4. The zero-order valence-electron chi connectivity index (χ0n) is 32.7. The minimum atomic E-state index is 0.652. The lowest BCUT2D eigenvalue weighted by atomic mass is 9.95. The average molecular weight is 766 g/mol. The number of benzene rings is 9. The molecular formula is C55H35N5. The molecule has 0 aliphatic carbocycles. The number of aryl methyl sites for hydroxylation is 1. The number of hydrogen-bond acceptors (Lipinski definition) is 2. The van der Waals surface area contributed by atoms with Crippen molar-refractivity contribution in [2.45, 2.75) is 6.92 Å². The topological polar surface area (TPSA) is 40.6 Å². The Hall–Kier alpha value is -8.02. The maximum Gasteiger partial charge on any atom is 0.235 e. The van der Waals surface area contributed by atoms with Gasteiger partial charge in [-0.2, -0.15) is 0 Å². The van der Waals surface area contributed by atoms with Crippen LogP contribution >= 0.6 is 0 Å². The second-order valence-electron chi connectivity index (χ2n) is 15.8. The SMILES string of the molecule is Cc1cc(-c2cc3ccccc3c3ccccc23)nc(-n2c3ccccc3c3ccc4c5ccccc5n(-c5ccc6c(c5)c5ccccc5n6-c5ccccc5)c4c32)n1. The van der Waals surface area contributed by atoms with Crippen molar-refractivity contribution in [3.63, 3.8) is 0 Å². The van der Waals surface area contributed by atoms with E-state index in [2.05, 4.69) is 215 Å². The van der Waals surface area contributed by atoms with Crippen LogP contribution in [0.3, 0.4) is 0 Å². The monoisotopic (exact) mass is 765 g/mol. The Balaban J connectivity index is 1.13. The van der Waals surface area contributed by atoms with E-state index < -0.39 is 0 Å². The molecule has 0 atom stereocenters. The van der Waals surface area contributed by atoms with Crippen LogP contribution in [-0.4, -0.2) is 23.7 Å². The van der Waals surface area contributed by atoms with Gasteiger partial charge in [-0.05, 0) is 89.1 Å². The highest BCUT2D eigenvalue weighted by Crippen LogP contribution is 2.43. The molecule has 0 radical (unpaired) electrons. The molecule has 280 valence electrons. The number of para-hydroxylation sites is 4. The fourth-order valence-electron chi connectivity index (χ4n) is 9.99. The first kappa shape index (κ1) is 33.0. The first-order valence-electron chi connectivity index (χ1n) is 20.5. The maximum absolute atomic E-state index is 5.51. The van der Waals surface area contributed by atoms with Crippen molar-refractivity contribution >= 4 is 87.0 Å². The summed E-state index contributed by atoms with van der Waals surface area (Å²) in [4.78, 5) is 10.8. The van der Waals surface area contributed by atoms with Gasteiger partial charge in [-0.15, -0.1) is 0 Å². The Morgan fingerprint density at radius 3 is 1.58 bits per heavy atom. The molecule has 0 fully saturated rings. The van der Waals surface area contributed by atoms with Gasteiger partial charge in [0.05, 0.1) is 38.8 Å². The number of nitrogens with zero attached hydrogens (tertiary/aromatic N) is 5. The van der Waals surface area contributed by atoms with E-state index in [0.717, 1.165) is 61.2 Å². The van der Waals surface area contributed by atoms with Gasteiger partial charge in [0.25, 0.3) is 0 Å². The van der Waals surface area contributed by atoms with E-state index in [1.54, 1.807) is 0 Å². The Morgan fingerprint density at radius 2 is 0.867 bits per heavy atom. The largest absolute Gasteiger partial charge is 0.309 e. The van der Waals surface area contributed by atoms with Crippen molar-refractivity contribution in [2.75, 3.05) is 0 Å². The highest BCUT2D eigenvalue weighted by atomic mass is 15.2. The molecular weight excluding hydrogens is 731 g/mol. The molecule has 0 saturated heterocycles. The van der Waals surface area contributed by atoms with Gasteiger partial charge in [0.1, 0.15) is 0 Å². The first-order valence-corrected chi connectivity index (χ1v) is 20.5. The van der Waals surface area contributed by atoms with Crippen LogP contribution in [0.15, 0.2) is 194 Å². The van der Waals surface area contributed by atoms with Crippen LogP contribution in [0.5, 0.6) is 0 Å². The van der Waals surface area contributed by atoms with Crippen LogP contribution in [0.25, 0.3) is 116 Å². The highest BCUT2D eigenvalue weighted by molar-refractivity contribution is 6.24. The zero-order valence-corrected chi connectivity index (χ0v) is 32.7. The highest BCUT2D eigenvalue weighted by Gasteiger charge is 2.24. The zero-order chi connectivity index (χ0) is 39.5. The molecule has 0 saturated carbocycles. The Morgan fingerprint density at radius 1 is 0.333 bits per heavy atom. The number of fused-ring (bicyclic) bond motifs is 13. The standard InChI is InChI=1S/C55H35N5/c1-34-31-48(46-32-35-15-5-6-18-38(35)39-19-7-8-20-40(39)46)57-55(56-34)60-51-26-14-10-22-42(51)45-29-28-44-41-21-9-13-25-50(41)59(53(44)54(45)60)37-27-30-52-47(33-37)43-23-11-12-24-49(43)58(52)36-16-3-2-4-17-36/h2-33H,1H3. The second-order valence-corrected chi connectivity index (χ2v) is 15.8. The van der Waals surface area contributed by atoms with Gasteiger partial charge in [0.15, 0.2) is 0 Å². The van der Waals surface area contributed by atoms with E-state index in [1.165, 1.54) is 54.1 Å². The van der Waals surface area contributed by atoms with Gasteiger partial charge in [-0.25, -0.2) is 9.97 Å². The second kappa shape index (κ2) is 12.5. The van der Waals surface area contributed by atoms with Crippen molar-refractivity contribution in [1.29, 1.82) is 0 Å². The summed E-state index contributed by atoms with van der Waals surface area (Å²) in [5.74, 6) is 0.652.